The molecule has 2 saturated heterocycles. The summed E-state index contributed by atoms with van der Waals surface area (Å²) in [7, 11) is 1.85. The van der Waals surface area contributed by atoms with Crippen molar-refractivity contribution in [1.29, 1.82) is 0 Å². The van der Waals surface area contributed by atoms with Crippen LogP contribution in [0.1, 0.15) is 26.2 Å². The number of halogens is 2. The van der Waals surface area contributed by atoms with Gasteiger partial charge in [0.05, 0.1) is 29.8 Å². The average Bonchev–Trinajstić information content (AvgIpc) is 3.34. The number of aromatic hydroxyl groups is 1. The highest BCUT2D eigenvalue weighted by atomic mass is 19.1. The molecule has 9 heteroatoms. The van der Waals surface area contributed by atoms with Crippen LogP contribution < -0.4 is 10.2 Å². The highest BCUT2D eigenvalue weighted by molar-refractivity contribution is 5.69. The molecule has 0 radical (unpaired) electrons. The van der Waals surface area contributed by atoms with Crippen LogP contribution in [0.5, 0.6) is 5.75 Å². The Hall–Kier alpha value is -3.07. The largest absolute Gasteiger partial charge is 0.507 e. The summed E-state index contributed by atoms with van der Waals surface area (Å²) >= 11 is 0. The fourth-order valence-electron chi connectivity index (χ4n) is 4.82. The number of fused-ring (bicyclic) bond motifs is 2. The highest BCUT2D eigenvalue weighted by Crippen LogP contribution is 2.40. The molecule has 2 N–H and O–H groups in total. The predicted octanol–water partition coefficient (Wildman–Crippen LogP) is 3.23. The molecule has 31 heavy (non-hydrogen) atoms. The van der Waals surface area contributed by atoms with Gasteiger partial charge in [-0.1, -0.05) is 0 Å². The molecule has 2 aliphatic heterocycles. The van der Waals surface area contributed by atoms with Crippen molar-refractivity contribution in [2.45, 2.75) is 50.0 Å². The maximum absolute atomic E-state index is 15.2. The topological polar surface area (TPSA) is 79.1 Å². The number of hydrogen-bond donors (Lipinski definition) is 2. The maximum atomic E-state index is 15.2. The lowest BCUT2D eigenvalue weighted by atomic mass is 9.86. The Bertz CT molecular complexity index is 1100. The molecule has 0 spiro atoms. The molecule has 1 aromatic carbocycles. The van der Waals surface area contributed by atoms with Crippen molar-refractivity contribution in [3.8, 4) is 22.7 Å². The van der Waals surface area contributed by atoms with Gasteiger partial charge in [0.15, 0.2) is 11.6 Å². The first-order valence-electron chi connectivity index (χ1n) is 10.4. The smallest absolute Gasteiger partial charge is 0.161 e. The van der Waals surface area contributed by atoms with E-state index in [0.717, 1.165) is 25.5 Å². The van der Waals surface area contributed by atoms with Gasteiger partial charge in [-0.15, -0.1) is 10.2 Å². The van der Waals surface area contributed by atoms with Gasteiger partial charge in [0.25, 0.3) is 0 Å². The first kappa shape index (κ1) is 19.9. The molecule has 2 fully saturated rings. The molecule has 0 amide bonds. The Balaban J connectivity index is 1.36. The molecular weight excluding hydrogens is 402 g/mol. The van der Waals surface area contributed by atoms with Gasteiger partial charge in [0, 0.05) is 30.3 Å². The lowest BCUT2D eigenvalue weighted by molar-refractivity contribution is 0.111. The second kappa shape index (κ2) is 7.26. The second-order valence-electron chi connectivity index (χ2n) is 8.69. The Morgan fingerprint density at radius 3 is 2.77 bits per heavy atom. The number of nitrogens with zero attached hydrogens (tertiary/aromatic N) is 5. The van der Waals surface area contributed by atoms with E-state index < -0.39 is 17.5 Å². The molecule has 3 aromatic rings. The maximum Gasteiger partial charge on any atom is 0.161 e. The molecule has 0 saturated carbocycles. The first-order chi connectivity index (χ1) is 14.8. The Morgan fingerprint density at radius 2 is 2.10 bits per heavy atom. The van der Waals surface area contributed by atoms with Gasteiger partial charge < -0.3 is 15.3 Å². The number of rotatable bonds is 4. The van der Waals surface area contributed by atoms with Crippen LogP contribution in [-0.4, -0.2) is 55.9 Å². The number of benzene rings is 1. The molecule has 0 aliphatic carbocycles. The first-order valence-corrected chi connectivity index (χ1v) is 10.4. The van der Waals surface area contributed by atoms with Crippen LogP contribution in [0.3, 0.4) is 0 Å². The van der Waals surface area contributed by atoms with Crippen LogP contribution in [0, 0.1) is 5.82 Å². The number of phenolic OH excluding ortho intramolecular Hbond substituents is 1. The molecule has 7 nitrogen and oxygen atoms in total. The SMILES string of the molecule is CN(c1ccc(-c2ccc(-n3cc(F)cn3)cc2O)nn1)[C@H]1C[C@@H]2CC[C@@](C)(N2)[C@H]1F. The number of anilines is 1. The second-order valence-corrected chi connectivity index (χ2v) is 8.69. The number of nitrogens with one attached hydrogen (secondary N) is 1. The summed E-state index contributed by atoms with van der Waals surface area (Å²) in [5.74, 6) is 0.111. The van der Waals surface area contributed by atoms with E-state index in [-0.39, 0.29) is 11.8 Å². The van der Waals surface area contributed by atoms with Crippen molar-refractivity contribution in [2.24, 2.45) is 0 Å². The van der Waals surface area contributed by atoms with Crippen LogP contribution in [0.15, 0.2) is 42.7 Å². The lowest BCUT2D eigenvalue weighted by Gasteiger charge is -2.44. The normalized spacial score (nSPS) is 27.4. The van der Waals surface area contributed by atoms with E-state index in [9.17, 15) is 9.50 Å². The minimum Gasteiger partial charge on any atom is -0.507 e. The molecular formula is C22H24F2N6O. The monoisotopic (exact) mass is 426 g/mol. The molecule has 2 aromatic heterocycles. The van der Waals surface area contributed by atoms with E-state index in [2.05, 4.69) is 20.6 Å². The Morgan fingerprint density at radius 1 is 1.26 bits per heavy atom. The van der Waals surface area contributed by atoms with Gasteiger partial charge in [-0.2, -0.15) is 5.10 Å². The Kier molecular flexibility index (Phi) is 4.65. The summed E-state index contributed by atoms with van der Waals surface area (Å²) in [6.45, 7) is 1.95. The zero-order chi connectivity index (χ0) is 21.8. The summed E-state index contributed by atoms with van der Waals surface area (Å²) < 4.78 is 29.7. The molecule has 5 rings (SSSR count). The van der Waals surface area contributed by atoms with E-state index >= 15 is 4.39 Å². The van der Waals surface area contributed by atoms with Gasteiger partial charge in [-0.05, 0) is 50.5 Å². The average molecular weight is 426 g/mol. The van der Waals surface area contributed by atoms with Crippen molar-refractivity contribution in [3.05, 3.63) is 48.5 Å². The molecule has 162 valence electrons. The minimum atomic E-state index is -0.999. The van der Waals surface area contributed by atoms with Gasteiger partial charge >= 0.3 is 0 Å². The fraction of sp³-hybridized carbons (Fsp3) is 0.409. The molecule has 4 atom stereocenters. The number of phenols is 1. The lowest BCUT2D eigenvalue weighted by Crippen LogP contribution is -2.62. The van der Waals surface area contributed by atoms with Crippen LogP contribution in [0.25, 0.3) is 16.9 Å². The predicted molar refractivity (Wildman–Crippen MR) is 112 cm³/mol. The van der Waals surface area contributed by atoms with Gasteiger partial charge in [-0.3, -0.25) is 0 Å². The van der Waals surface area contributed by atoms with E-state index in [1.807, 2.05) is 18.9 Å². The summed E-state index contributed by atoms with van der Waals surface area (Å²) in [6, 6.07) is 8.49. The number of aromatic nitrogens is 4. The van der Waals surface area contributed by atoms with Crippen LogP contribution >= 0.6 is 0 Å². The van der Waals surface area contributed by atoms with Crippen molar-refractivity contribution < 1.29 is 13.9 Å². The van der Waals surface area contributed by atoms with Crippen molar-refractivity contribution in [3.63, 3.8) is 0 Å². The zero-order valence-electron chi connectivity index (χ0n) is 17.3. The minimum absolute atomic E-state index is 0.0181. The third kappa shape index (κ3) is 3.42. The number of hydrogen-bond acceptors (Lipinski definition) is 6. The molecule has 2 bridgehead atoms. The van der Waals surface area contributed by atoms with Crippen molar-refractivity contribution in [1.82, 2.24) is 25.3 Å². The van der Waals surface area contributed by atoms with Crippen LogP contribution in [0.2, 0.25) is 0 Å². The summed E-state index contributed by atoms with van der Waals surface area (Å²) in [4.78, 5) is 1.87. The van der Waals surface area contributed by atoms with Crippen molar-refractivity contribution >= 4 is 5.82 Å². The summed E-state index contributed by atoms with van der Waals surface area (Å²) in [5.41, 5.74) is 1.02. The van der Waals surface area contributed by atoms with E-state index in [1.54, 1.807) is 24.3 Å². The van der Waals surface area contributed by atoms with Crippen LogP contribution in [-0.2, 0) is 0 Å². The zero-order valence-corrected chi connectivity index (χ0v) is 17.3. The van der Waals surface area contributed by atoms with E-state index in [0.29, 0.717) is 28.8 Å². The molecule has 0 unspecified atom stereocenters. The van der Waals surface area contributed by atoms with Gasteiger partial charge in [0.1, 0.15) is 11.9 Å². The molecule has 2 aliphatic rings. The quantitative estimate of drug-likeness (QED) is 0.667. The van der Waals surface area contributed by atoms with Crippen molar-refractivity contribution in [2.75, 3.05) is 11.9 Å². The number of piperidine rings is 1. The van der Waals surface area contributed by atoms with E-state index in [1.165, 1.54) is 16.9 Å². The number of alkyl halides is 1. The fourth-order valence-corrected chi connectivity index (χ4v) is 4.82. The third-order valence-electron chi connectivity index (χ3n) is 6.60. The van der Waals surface area contributed by atoms with Gasteiger partial charge in [0.2, 0.25) is 0 Å². The standard InChI is InChI=1S/C22H24F2N6O/c1-22-8-7-14(26-22)9-18(21(22)24)29(2)20-6-5-17(27-28-20)16-4-3-15(10-19(16)31)30-12-13(23)11-25-30/h3-6,10-12,14,18,21,26,31H,7-9H2,1-2H3/t14-,18-,21-,22+/m0/s1. The molecule has 4 heterocycles. The third-order valence-corrected chi connectivity index (χ3v) is 6.60. The summed E-state index contributed by atoms with van der Waals surface area (Å²) in [5, 5.41) is 26.3. The highest BCUT2D eigenvalue weighted by Gasteiger charge is 2.51. The van der Waals surface area contributed by atoms with Gasteiger partial charge in [-0.25, -0.2) is 13.5 Å². The Labute approximate surface area is 178 Å². The van der Waals surface area contributed by atoms with E-state index in [4.69, 9.17) is 0 Å². The van der Waals surface area contributed by atoms with Crippen LogP contribution in [0.4, 0.5) is 14.6 Å². The summed E-state index contributed by atoms with van der Waals surface area (Å²) in [6.07, 6.45) is 3.89.